The van der Waals surface area contributed by atoms with Crippen molar-refractivity contribution in [2.75, 3.05) is 32.8 Å². The Morgan fingerprint density at radius 3 is 2.76 bits per heavy atom. The van der Waals surface area contributed by atoms with Crippen molar-refractivity contribution in [3.63, 3.8) is 0 Å². The summed E-state index contributed by atoms with van der Waals surface area (Å²) < 4.78 is 24.9. The zero-order valence-corrected chi connectivity index (χ0v) is 20.0. The molecule has 2 amide bonds. The highest BCUT2D eigenvalue weighted by molar-refractivity contribution is 7.10. The number of nitrogens with zero attached hydrogens (tertiary/aromatic N) is 2. The Hall–Kier alpha value is -2.45. The molecule has 0 bridgehead atoms. The minimum absolute atomic E-state index is 0.0112. The molecule has 0 saturated carbocycles. The standard InChI is InChI=1S/C25H31FN2O4S/c1-17(2)25(30)27(14-20-4-3-12-31-20)15-24(29)28-11-9-23-21(10-13-33-23)22(28)16-32-19-7-5-18(26)6-8-19/h5-8,10,13,17,20,22H,3-4,9,11-12,14-16H2,1-2H3/t20-,22+/m1/s1. The maximum Gasteiger partial charge on any atom is 0.242 e. The lowest BCUT2D eigenvalue weighted by molar-refractivity contribution is -0.145. The van der Waals surface area contributed by atoms with Crippen molar-refractivity contribution in [1.29, 1.82) is 0 Å². The van der Waals surface area contributed by atoms with E-state index in [0.717, 1.165) is 24.8 Å². The van der Waals surface area contributed by atoms with E-state index in [9.17, 15) is 14.0 Å². The van der Waals surface area contributed by atoms with Gasteiger partial charge in [0, 0.05) is 30.5 Å². The smallest absolute Gasteiger partial charge is 0.242 e. The fourth-order valence-corrected chi connectivity index (χ4v) is 5.39. The third kappa shape index (κ3) is 5.73. The normalized spacial score (nSPS) is 20.1. The highest BCUT2D eigenvalue weighted by Crippen LogP contribution is 2.34. The van der Waals surface area contributed by atoms with E-state index >= 15 is 0 Å². The van der Waals surface area contributed by atoms with Crippen LogP contribution in [0.1, 0.15) is 43.2 Å². The van der Waals surface area contributed by atoms with E-state index < -0.39 is 0 Å². The molecule has 1 saturated heterocycles. The Balaban J connectivity index is 1.49. The van der Waals surface area contributed by atoms with Crippen molar-refractivity contribution < 1.29 is 23.5 Å². The predicted molar refractivity (Wildman–Crippen MR) is 125 cm³/mol. The Morgan fingerprint density at radius 1 is 1.27 bits per heavy atom. The lowest BCUT2D eigenvalue weighted by atomic mass is 10.00. The number of rotatable bonds is 8. The van der Waals surface area contributed by atoms with E-state index in [2.05, 4.69) is 0 Å². The van der Waals surface area contributed by atoms with Crippen molar-refractivity contribution in [3.05, 3.63) is 52.0 Å². The number of benzene rings is 1. The molecule has 178 valence electrons. The Kier molecular flexibility index (Phi) is 7.65. The molecule has 6 nitrogen and oxygen atoms in total. The Bertz CT molecular complexity index is 956. The third-order valence-electron chi connectivity index (χ3n) is 6.22. The van der Waals surface area contributed by atoms with Crippen LogP contribution < -0.4 is 4.74 Å². The lowest BCUT2D eigenvalue weighted by Crippen LogP contribution is -2.50. The summed E-state index contributed by atoms with van der Waals surface area (Å²) in [6.07, 6.45) is 2.67. The van der Waals surface area contributed by atoms with Gasteiger partial charge in [0.25, 0.3) is 0 Å². The number of carbonyl (C=O) groups excluding carboxylic acids is 2. The molecule has 0 unspecified atom stereocenters. The van der Waals surface area contributed by atoms with Crippen molar-refractivity contribution in [1.82, 2.24) is 9.80 Å². The van der Waals surface area contributed by atoms with E-state index in [1.165, 1.54) is 17.0 Å². The zero-order chi connectivity index (χ0) is 23.4. The maximum absolute atomic E-state index is 13.5. The summed E-state index contributed by atoms with van der Waals surface area (Å²) in [4.78, 5) is 31.1. The second-order valence-electron chi connectivity index (χ2n) is 8.93. The number of amides is 2. The average molecular weight is 475 g/mol. The van der Waals surface area contributed by atoms with Gasteiger partial charge in [0.1, 0.15) is 18.2 Å². The van der Waals surface area contributed by atoms with E-state index in [1.807, 2.05) is 30.2 Å². The summed E-state index contributed by atoms with van der Waals surface area (Å²) in [5.74, 6) is -0.0846. The average Bonchev–Trinajstić information content (AvgIpc) is 3.49. The molecule has 3 heterocycles. The number of halogens is 1. The van der Waals surface area contributed by atoms with Crippen molar-refractivity contribution >= 4 is 23.2 Å². The van der Waals surface area contributed by atoms with Crippen LogP contribution in [-0.4, -0.2) is 60.6 Å². The molecular weight excluding hydrogens is 443 g/mol. The molecule has 2 aliphatic heterocycles. The summed E-state index contributed by atoms with van der Waals surface area (Å²) in [6, 6.07) is 7.68. The lowest BCUT2D eigenvalue weighted by Gasteiger charge is -2.37. The second kappa shape index (κ2) is 10.7. The number of carbonyl (C=O) groups is 2. The maximum atomic E-state index is 13.5. The van der Waals surface area contributed by atoms with Crippen LogP contribution in [-0.2, 0) is 20.7 Å². The summed E-state index contributed by atoms with van der Waals surface area (Å²) in [5, 5.41) is 2.04. The number of hydrogen-bond donors (Lipinski definition) is 0. The number of hydrogen-bond acceptors (Lipinski definition) is 5. The van der Waals surface area contributed by atoms with Gasteiger partial charge in [-0.1, -0.05) is 13.8 Å². The summed E-state index contributed by atoms with van der Waals surface area (Å²) in [7, 11) is 0. The van der Waals surface area contributed by atoms with Crippen LogP contribution in [0.5, 0.6) is 5.75 Å². The van der Waals surface area contributed by atoms with E-state index in [1.54, 1.807) is 28.4 Å². The van der Waals surface area contributed by atoms with Crippen LogP contribution in [0.15, 0.2) is 35.7 Å². The van der Waals surface area contributed by atoms with Crippen molar-refractivity contribution in [2.24, 2.45) is 5.92 Å². The second-order valence-corrected chi connectivity index (χ2v) is 9.93. The monoisotopic (exact) mass is 474 g/mol. The fourth-order valence-electron chi connectivity index (χ4n) is 4.47. The van der Waals surface area contributed by atoms with Crippen LogP contribution in [0, 0.1) is 11.7 Å². The summed E-state index contributed by atoms with van der Waals surface area (Å²) in [5.41, 5.74) is 1.09. The first-order chi connectivity index (χ1) is 15.9. The van der Waals surface area contributed by atoms with Gasteiger partial charge in [0.2, 0.25) is 11.8 Å². The van der Waals surface area contributed by atoms with Gasteiger partial charge in [-0.3, -0.25) is 9.59 Å². The first-order valence-electron chi connectivity index (χ1n) is 11.6. The molecule has 33 heavy (non-hydrogen) atoms. The van der Waals surface area contributed by atoms with Crippen LogP contribution in [0.25, 0.3) is 0 Å². The highest BCUT2D eigenvalue weighted by Gasteiger charge is 2.34. The highest BCUT2D eigenvalue weighted by atomic mass is 32.1. The number of ether oxygens (including phenoxy) is 2. The molecule has 4 rings (SSSR count). The first kappa shape index (κ1) is 23.7. The van der Waals surface area contributed by atoms with E-state index in [0.29, 0.717) is 25.4 Å². The Labute approximate surface area is 198 Å². The predicted octanol–water partition coefficient (Wildman–Crippen LogP) is 4.06. The zero-order valence-electron chi connectivity index (χ0n) is 19.2. The van der Waals surface area contributed by atoms with Crippen molar-refractivity contribution in [2.45, 2.75) is 45.3 Å². The van der Waals surface area contributed by atoms with Gasteiger partial charge in [-0.05, 0) is 60.5 Å². The molecular formula is C25H31FN2O4S. The molecule has 1 aromatic heterocycles. The summed E-state index contributed by atoms with van der Waals surface area (Å²) in [6.45, 7) is 5.73. The molecule has 0 radical (unpaired) electrons. The van der Waals surface area contributed by atoms with Crippen LogP contribution in [0.3, 0.4) is 0 Å². The molecule has 1 aromatic carbocycles. The molecule has 2 atom stereocenters. The topological polar surface area (TPSA) is 59.1 Å². The quantitative estimate of drug-likeness (QED) is 0.579. The van der Waals surface area contributed by atoms with Gasteiger partial charge in [-0.25, -0.2) is 4.39 Å². The van der Waals surface area contributed by atoms with Gasteiger partial charge < -0.3 is 19.3 Å². The van der Waals surface area contributed by atoms with Crippen LogP contribution in [0.4, 0.5) is 4.39 Å². The van der Waals surface area contributed by atoms with Gasteiger partial charge >= 0.3 is 0 Å². The number of thiophene rings is 1. The van der Waals surface area contributed by atoms with Gasteiger partial charge in [-0.2, -0.15) is 0 Å². The minimum Gasteiger partial charge on any atom is -0.491 e. The van der Waals surface area contributed by atoms with Gasteiger partial charge in [0.15, 0.2) is 0 Å². The summed E-state index contributed by atoms with van der Waals surface area (Å²) >= 11 is 1.69. The van der Waals surface area contributed by atoms with Crippen LogP contribution >= 0.6 is 11.3 Å². The number of fused-ring (bicyclic) bond motifs is 1. The minimum atomic E-state index is -0.321. The molecule has 2 aromatic rings. The van der Waals surface area contributed by atoms with Crippen LogP contribution in [0.2, 0.25) is 0 Å². The molecule has 1 fully saturated rings. The van der Waals surface area contributed by atoms with E-state index in [4.69, 9.17) is 9.47 Å². The van der Waals surface area contributed by atoms with Gasteiger partial charge in [-0.15, -0.1) is 11.3 Å². The molecule has 0 spiro atoms. The largest absolute Gasteiger partial charge is 0.491 e. The first-order valence-corrected chi connectivity index (χ1v) is 12.4. The molecule has 2 aliphatic rings. The molecule has 0 N–H and O–H groups in total. The molecule has 8 heteroatoms. The van der Waals surface area contributed by atoms with Gasteiger partial charge in [0.05, 0.1) is 18.7 Å². The third-order valence-corrected chi connectivity index (χ3v) is 7.21. The fraction of sp³-hybridized carbons (Fsp3) is 0.520. The van der Waals surface area contributed by atoms with Crippen molar-refractivity contribution in [3.8, 4) is 5.75 Å². The Morgan fingerprint density at radius 2 is 2.06 bits per heavy atom. The van der Waals surface area contributed by atoms with E-state index in [-0.39, 0.29) is 48.8 Å². The molecule has 0 aliphatic carbocycles. The SMILES string of the molecule is CC(C)C(=O)N(CC(=O)N1CCc2sccc2[C@@H]1COc1ccc(F)cc1)C[C@H]1CCCO1.